The van der Waals surface area contributed by atoms with Gasteiger partial charge in [0, 0.05) is 18.6 Å². The lowest BCUT2D eigenvalue weighted by Crippen LogP contribution is -2.71. The summed E-state index contributed by atoms with van der Waals surface area (Å²) in [6, 6.07) is 8.73. The molecule has 3 atom stereocenters. The minimum atomic E-state index is -1.37. The number of rotatable bonds is 8. The van der Waals surface area contributed by atoms with E-state index in [4.69, 9.17) is 0 Å². The number of carbonyl (C=O) groups excluding carboxylic acids is 3. The van der Waals surface area contributed by atoms with Gasteiger partial charge in [-0.05, 0) is 35.4 Å². The van der Waals surface area contributed by atoms with Crippen molar-refractivity contribution in [1.82, 2.24) is 40.1 Å². The van der Waals surface area contributed by atoms with Crippen LogP contribution in [0.1, 0.15) is 11.6 Å². The Morgan fingerprint density at radius 3 is 2.61 bits per heavy atom. The Morgan fingerprint density at radius 1 is 1.16 bits per heavy atom. The number of nitrogens with zero attached hydrogens (tertiary/aromatic N) is 5. The maximum atomic E-state index is 13.6. The Morgan fingerprint density at radius 2 is 1.91 bits per heavy atom. The van der Waals surface area contributed by atoms with Gasteiger partial charge in [0.2, 0.25) is 5.91 Å². The highest BCUT2D eigenvalue weighted by Gasteiger charge is 2.54. The molecule has 0 spiro atoms. The summed E-state index contributed by atoms with van der Waals surface area (Å²) in [6.45, 7) is 0. The molecule has 3 amide bonds. The summed E-state index contributed by atoms with van der Waals surface area (Å²) in [5.41, 5.74) is 0.695. The number of β-lactam (4-membered cyclic amide) rings is 1. The first-order valence-electron chi connectivity index (χ1n) is 13.1. The number of para-hydroxylation sites is 2. The zero-order valence-electron chi connectivity index (χ0n) is 22.8. The van der Waals surface area contributed by atoms with E-state index in [1.54, 1.807) is 42.2 Å². The number of carboxylic acid groups (broad SMARTS) is 1. The molecule has 0 saturated carbocycles. The Bertz CT molecular complexity index is 1900. The molecule has 44 heavy (non-hydrogen) atoms. The van der Waals surface area contributed by atoms with E-state index in [0.29, 0.717) is 28.1 Å². The molecule has 1 saturated heterocycles. The van der Waals surface area contributed by atoms with Crippen LogP contribution in [0.3, 0.4) is 0 Å². The van der Waals surface area contributed by atoms with Crippen LogP contribution in [0, 0.1) is 0 Å². The van der Waals surface area contributed by atoms with E-state index in [1.807, 2.05) is 0 Å². The van der Waals surface area contributed by atoms with E-state index in [-0.39, 0.29) is 17.0 Å². The van der Waals surface area contributed by atoms with Crippen molar-refractivity contribution in [2.24, 2.45) is 7.05 Å². The zero-order chi connectivity index (χ0) is 31.1. The third-order valence-corrected chi connectivity index (χ3v) is 9.66. The number of aromatic hydroxyl groups is 1. The average molecular weight is 637 g/mol. The Balaban J connectivity index is 1.22. The van der Waals surface area contributed by atoms with Gasteiger partial charge in [-0.2, -0.15) is 0 Å². The van der Waals surface area contributed by atoms with Crippen molar-refractivity contribution in [3.05, 3.63) is 82.0 Å². The predicted molar refractivity (Wildman–Crippen MR) is 159 cm³/mol. The first kappa shape index (κ1) is 29.1. The lowest BCUT2D eigenvalue weighted by Gasteiger charge is -2.49. The fourth-order valence-corrected chi connectivity index (χ4v) is 7.40. The van der Waals surface area contributed by atoms with Gasteiger partial charge >= 0.3 is 17.7 Å². The summed E-state index contributed by atoms with van der Waals surface area (Å²) in [6.07, 6.45) is 1.56. The molecule has 4 heterocycles. The van der Waals surface area contributed by atoms with E-state index in [1.165, 1.54) is 52.7 Å². The predicted octanol–water partition coefficient (Wildman–Crippen LogP) is 0.994. The number of hydrogen-bond donors (Lipinski definition) is 5. The van der Waals surface area contributed by atoms with Gasteiger partial charge in [-0.3, -0.25) is 14.5 Å². The van der Waals surface area contributed by atoms with Crippen LogP contribution < -0.4 is 16.3 Å². The van der Waals surface area contributed by atoms with Crippen molar-refractivity contribution in [3.8, 4) is 5.75 Å². The molecule has 2 aliphatic heterocycles. The maximum absolute atomic E-state index is 13.6. The highest BCUT2D eigenvalue weighted by Crippen LogP contribution is 2.41. The summed E-state index contributed by atoms with van der Waals surface area (Å²) in [7, 11) is 1.71. The second kappa shape index (κ2) is 11.6. The van der Waals surface area contributed by atoms with E-state index in [9.17, 15) is 34.2 Å². The average Bonchev–Trinajstić information content (AvgIpc) is 3.58. The number of H-pyrrole nitrogens is 1. The monoisotopic (exact) mass is 636 g/mol. The number of amides is 3. The summed E-state index contributed by atoms with van der Waals surface area (Å²) >= 11 is 2.65. The summed E-state index contributed by atoms with van der Waals surface area (Å²) in [4.78, 5) is 68.8. The number of imidazole rings is 1. The number of fused-ring (bicyclic) bond motifs is 2. The molecule has 0 radical (unpaired) electrons. The fourth-order valence-electron chi connectivity index (χ4n) is 5.01. The quantitative estimate of drug-likeness (QED) is 0.136. The third-order valence-electron chi connectivity index (χ3n) is 7.16. The first-order valence-corrected chi connectivity index (χ1v) is 15.1. The Hall–Kier alpha value is -5.03. The van der Waals surface area contributed by atoms with Crippen LogP contribution in [-0.2, 0) is 21.4 Å². The number of carbonyl (C=O) groups is 4. The number of benzene rings is 2. The molecule has 15 nitrogen and oxygen atoms in total. The summed E-state index contributed by atoms with van der Waals surface area (Å²) in [5, 5.41) is 32.7. The minimum absolute atomic E-state index is 0.0721. The van der Waals surface area contributed by atoms with E-state index < -0.39 is 47.0 Å². The molecule has 0 aliphatic carbocycles. The molecule has 5 N–H and O–H groups in total. The van der Waals surface area contributed by atoms with Gasteiger partial charge in [0.05, 0.1) is 17.2 Å². The molecular formula is C27H24N8O7S2. The molecule has 0 bridgehead atoms. The second-order valence-corrected chi connectivity index (χ2v) is 12.0. The lowest BCUT2D eigenvalue weighted by atomic mass is 10.0. The number of carboxylic acids is 1. The van der Waals surface area contributed by atoms with Crippen LogP contribution >= 0.6 is 23.5 Å². The van der Waals surface area contributed by atoms with Crippen molar-refractivity contribution in [3.63, 3.8) is 0 Å². The standard InChI is InChI=1S/C27H24N8O7S2/c1-33-18(10-28-32-33)43-11-14-12-44-24-20(23(38)35(24)21(14)25(39)40)30-22(37)19(13-6-8-15(36)9-7-13)31-27(42)34-17-5-3-2-4-16(17)29-26(34)41/h2-10,19-20,24,36H,11-12H2,1H3,(H,29,41)(H,30,37)(H,31,42)(H,39,40)/t19?,20?,24-/m1/s1. The first-order chi connectivity index (χ1) is 21.1. The highest BCUT2D eigenvalue weighted by molar-refractivity contribution is 8.01. The van der Waals surface area contributed by atoms with Gasteiger partial charge < -0.3 is 25.8 Å². The Kier molecular flexibility index (Phi) is 7.64. The molecule has 1 fully saturated rings. The zero-order valence-corrected chi connectivity index (χ0v) is 24.5. The molecule has 2 unspecified atom stereocenters. The molecule has 2 aromatic carbocycles. The van der Waals surface area contributed by atoms with Crippen molar-refractivity contribution in [2.45, 2.75) is 22.5 Å². The number of aromatic nitrogens is 5. The van der Waals surface area contributed by atoms with Crippen molar-refractivity contribution >= 4 is 58.4 Å². The topological polar surface area (TPSA) is 205 Å². The number of aromatic amines is 1. The number of phenolic OH excluding ortho intramolecular Hbond substituents is 1. The molecular weight excluding hydrogens is 612 g/mol. The molecule has 2 aliphatic rings. The number of aryl methyl sites for hydroxylation is 1. The van der Waals surface area contributed by atoms with E-state index in [2.05, 4.69) is 25.9 Å². The molecule has 6 rings (SSSR count). The summed E-state index contributed by atoms with van der Waals surface area (Å²) in [5.74, 6) is -2.10. The van der Waals surface area contributed by atoms with Crippen molar-refractivity contribution in [1.29, 1.82) is 0 Å². The van der Waals surface area contributed by atoms with Gasteiger partial charge in [-0.25, -0.2) is 23.6 Å². The SMILES string of the molecule is Cn1nncc1SCC1=C(C(=O)O)N2C(=O)C(NC(=O)C(NC(=O)n3c(=O)[nH]c4ccccc43)c3ccc(O)cc3)[C@H]2SC1. The lowest BCUT2D eigenvalue weighted by molar-refractivity contribution is -0.151. The molecule has 17 heteroatoms. The van der Waals surface area contributed by atoms with Crippen molar-refractivity contribution in [2.75, 3.05) is 11.5 Å². The van der Waals surface area contributed by atoms with Gasteiger partial charge in [-0.15, -0.1) is 28.6 Å². The number of phenols is 1. The minimum Gasteiger partial charge on any atom is -0.508 e. The van der Waals surface area contributed by atoms with Gasteiger partial charge in [0.15, 0.2) is 0 Å². The van der Waals surface area contributed by atoms with Crippen LogP contribution in [0.4, 0.5) is 4.79 Å². The summed E-state index contributed by atoms with van der Waals surface area (Å²) < 4.78 is 2.41. The van der Waals surface area contributed by atoms with E-state index >= 15 is 0 Å². The number of hydrogen-bond acceptors (Lipinski definition) is 10. The largest absolute Gasteiger partial charge is 0.508 e. The molecule has 2 aromatic heterocycles. The molecule has 226 valence electrons. The molecule has 4 aromatic rings. The smallest absolute Gasteiger partial charge is 0.352 e. The second-order valence-electron chi connectivity index (χ2n) is 9.89. The van der Waals surface area contributed by atoms with Crippen LogP contribution in [-0.4, -0.2) is 86.4 Å². The number of nitrogens with one attached hydrogen (secondary N) is 3. The van der Waals surface area contributed by atoms with Crippen LogP contribution in [0.2, 0.25) is 0 Å². The van der Waals surface area contributed by atoms with Crippen LogP contribution in [0.25, 0.3) is 11.0 Å². The van der Waals surface area contributed by atoms with Crippen LogP contribution in [0.5, 0.6) is 5.75 Å². The fraction of sp³-hybridized carbons (Fsp3) is 0.222. The van der Waals surface area contributed by atoms with Gasteiger partial charge in [0.25, 0.3) is 5.91 Å². The van der Waals surface area contributed by atoms with E-state index in [0.717, 1.165) is 9.59 Å². The highest BCUT2D eigenvalue weighted by atomic mass is 32.2. The third kappa shape index (κ3) is 5.19. The Labute approximate surface area is 256 Å². The van der Waals surface area contributed by atoms with Gasteiger partial charge in [0.1, 0.15) is 33.9 Å². The number of thioether (sulfide) groups is 2. The normalized spacial score (nSPS) is 18.5. The van der Waals surface area contributed by atoms with Crippen molar-refractivity contribution < 1.29 is 29.4 Å². The van der Waals surface area contributed by atoms with Gasteiger partial charge in [-0.1, -0.05) is 29.5 Å². The van der Waals surface area contributed by atoms with Crippen LogP contribution in [0.15, 0.2) is 75.8 Å². The maximum Gasteiger partial charge on any atom is 0.352 e. The number of aliphatic carboxylic acids is 1.